The molecule has 0 aromatic heterocycles. The Balaban J connectivity index is 0.00000200. The summed E-state index contributed by atoms with van der Waals surface area (Å²) in [5.41, 5.74) is 0. The first-order valence-corrected chi connectivity index (χ1v) is 7.57. The molecule has 3 N–H and O–H groups in total. The molecule has 1 aliphatic heterocycles. The van der Waals surface area contributed by atoms with E-state index in [0.29, 0.717) is 24.5 Å². The van der Waals surface area contributed by atoms with Gasteiger partial charge in [0, 0.05) is 25.2 Å². The van der Waals surface area contributed by atoms with E-state index in [1.54, 1.807) is 0 Å². The summed E-state index contributed by atoms with van der Waals surface area (Å²) in [7, 11) is 0. The summed E-state index contributed by atoms with van der Waals surface area (Å²) in [4.78, 5) is 11.8. The van der Waals surface area contributed by atoms with Gasteiger partial charge in [-0.3, -0.25) is 4.79 Å². The fraction of sp³-hybridized carbons (Fsp3) is 0.929. The Morgan fingerprint density at radius 1 is 1.45 bits per heavy atom. The van der Waals surface area contributed by atoms with Crippen LogP contribution >= 0.6 is 12.4 Å². The number of hydrogen-bond donors (Lipinski definition) is 3. The van der Waals surface area contributed by atoms with Crippen molar-refractivity contribution in [1.82, 2.24) is 16.0 Å². The number of carbonyl (C=O) groups is 1. The Morgan fingerprint density at radius 2 is 2.25 bits per heavy atom. The van der Waals surface area contributed by atoms with Crippen LogP contribution in [0.1, 0.15) is 33.1 Å². The standard InChI is InChI=1S/C14H27N3O2.ClH/c1-3-15-14(18)10(2)17-12-6-4-5-11(12)13-9-19-8-7-16-13;/h10-13,16-17H,3-9H2,1-2H3,(H,15,18);1H. The lowest BCUT2D eigenvalue weighted by atomic mass is 9.93. The van der Waals surface area contributed by atoms with E-state index in [4.69, 9.17) is 4.74 Å². The monoisotopic (exact) mass is 305 g/mol. The molecule has 0 spiro atoms. The minimum absolute atomic E-state index is 0. The van der Waals surface area contributed by atoms with Gasteiger partial charge in [0.1, 0.15) is 0 Å². The molecule has 4 atom stereocenters. The number of rotatable bonds is 5. The van der Waals surface area contributed by atoms with Gasteiger partial charge in [0.25, 0.3) is 0 Å². The Kier molecular flexibility index (Phi) is 7.80. The van der Waals surface area contributed by atoms with Crippen LogP contribution in [-0.4, -0.2) is 50.3 Å². The minimum Gasteiger partial charge on any atom is -0.379 e. The van der Waals surface area contributed by atoms with Gasteiger partial charge in [-0.1, -0.05) is 6.42 Å². The minimum atomic E-state index is -0.116. The van der Waals surface area contributed by atoms with Gasteiger partial charge >= 0.3 is 0 Å². The molecule has 1 saturated carbocycles. The van der Waals surface area contributed by atoms with Crippen LogP contribution in [0.5, 0.6) is 0 Å². The Morgan fingerprint density at radius 3 is 2.90 bits per heavy atom. The predicted octanol–water partition coefficient (Wildman–Crippen LogP) is 0.680. The van der Waals surface area contributed by atoms with Crippen LogP contribution in [0.15, 0.2) is 0 Å². The second-order valence-corrected chi connectivity index (χ2v) is 5.62. The number of ether oxygens (including phenoxy) is 1. The van der Waals surface area contributed by atoms with Crippen molar-refractivity contribution in [3.05, 3.63) is 0 Å². The van der Waals surface area contributed by atoms with Crippen LogP contribution in [0.25, 0.3) is 0 Å². The zero-order valence-corrected chi connectivity index (χ0v) is 13.3. The van der Waals surface area contributed by atoms with Crippen molar-refractivity contribution in [1.29, 1.82) is 0 Å². The third kappa shape index (κ3) is 4.58. The van der Waals surface area contributed by atoms with E-state index in [1.807, 2.05) is 13.8 Å². The lowest BCUT2D eigenvalue weighted by Gasteiger charge is -2.34. The molecule has 2 rings (SSSR count). The molecule has 5 nitrogen and oxygen atoms in total. The van der Waals surface area contributed by atoms with Crippen molar-refractivity contribution in [2.24, 2.45) is 5.92 Å². The number of amides is 1. The van der Waals surface area contributed by atoms with Gasteiger partial charge < -0.3 is 20.7 Å². The molecule has 0 bridgehead atoms. The zero-order chi connectivity index (χ0) is 13.7. The summed E-state index contributed by atoms with van der Waals surface area (Å²) in [6.07, 6.45) is 3.62. The van der Waals surface area contributed by atoms with Crippen molar-refractivity contribution < 1.29 is 9.53 Å². The largest absolute Gasteiger partial charge is 0.379 e. The quantitative estimate of drug-likeness (QED) is 0.699. The maximum Gasteiger partial charge on any atom is 0.236 e. The smallest absolute Gasteiger partial charge is 0.236 e. The fourth-order valence-corrected chi connectivity index (χ4v) is 3.26. The fourth-order valence-electron chi connectivity index (χ4n) is 3.26. The molecular weight excluding hydrogens is 278 g/mol. The van der Waals surface area contributed by atoms with Crippen LogP contribution < -0.4 is 16.0 Å². The van der Waals surface area contributed by atoms with Gasteiger partial charge in [-0.25, -0.2) is 0 Å². The third-order valence-corrected chi connectivity index (χ3v) is 4.24. The van der Waals surface area contributed by atoms with E-state index >= 15 is 0 Å². The van der Waals surface area contributed by atoms with Gasteiger partial charge in [-0.05, 0) is 32.6 Å². The van der Waals surface area contributed by atoms with E-state index in [9.17, 15) is 4.79 Å². The molecule has 1 aliphatic carbocycles. The van der Waals surface area contributed by atoms with Gasteiger partial charge in [0.15, 0.2) is 0 Å². The summed E-state index contributed by atoms with van der Waals surface area (Å²) in [5, 5.41) is 9.93. The van der Waals surface area contributed by atoms with Crippen LogP contribution in [0.4, 0.5) is 0 Å². The lowest BCUT2D eigenvalue weighted by molar-refractivity contribution is -0.122. The summed E-state index contributed by atoms with van der Waals surface area (Å²) < 4.78 is 5.56. The second kappa shape index (κ2) is 8.82. The van der Waals surface area contributed by atoms with E-state index in [1.165, 1.54) is 12.8 Å². The van der Waals surface area contributed by atoms with E-state index < -0.39 is 0 Å². The third-order valence-electron chi connectivity index (χ3n) is 4.24. The Bertz CT molecular complexity index is 298. The predicted molar refractivity (Wildman–Crippen MR) is 82.3 cm³/mol. The molecule has 2 aliphatic rings. The van der Waals surface area contributed by atoms with E-state index in [-0.39, 0.29) is 24.4 Å². The SMILES string of the molecule is CCNC(=O)C(C)NC1CCCC1C1COCCN1.Cl. The highest BCUT2D eigenvalue weighted by Gasteiger charge is 2.35. The number of halogens is 1. The number of likely N-dealkylation sites (N-methyl/N-ethyl adjacent to an activating group) is 1. The topological polar surface area (TPSA) is 62.4 Å². The molecule has 4 unspecified atom stereocenters. The van der Waals surface area contributed by atoms with E-state index in [0.717, 1.165) is 26.2 Å². The molecule has 118 valence electrons. The molecule has 0 radical (unpaired) electrons. The van der Waals surface area contributed by atoms with Gasteiger partial charge in [0.05, 0.1) is 19.3 Å². The molecule has 6 heteroatoms. The van der Waals surface area contributed by atoms with Crippen molar-refractivity contribution in [3.63, 3.8) is 0 Å². The highest BCUT2D eigenvalue weighted by Crippen LogP contribution is 2.29. The molecule has 2 fully saturated rings. The van der Waals surface area contributed by atoms with Crippen molar-refractivity contribution >= 4 is 18.3 Å². The first-order chi connectivity index (χ1) is 9.22. The summed E-state index contributed by atoms with van der Waals surface area (Å²) in [6, 6.07) is 0.752. The van der Waals surface area contributed by atoms with Gasteiger partial charge in [-0.2, -0.15) is 0 Å². The van der Waals surface area contributed by atoms with Crippen LogP contribution in [0, 0.1) is 5.92 Å². The molecular formula is C14H28ClN3O2. The van der Waals surface area contributed by atoms with Crippen molar-refractivity contribution in [2.45, 2.75) is 51.2 Å². The molecule has 0 aromatic carbocycles. The van der Waals surface area contributed by atoms with Crippen LogP contribution in [0.3, 0.4) is 0 Å². The first kappa shape index (κ1) is 17.7. The summed E-state index contributed by atoms with van der Waals surface area (Å²) in [5.74, 6) is 0.679. The molecule has 1 heterocycles. The normalized spacial score (nSPS) is 31.4. The highest BCUT2D eigenvalue weighted by atomic mass is 35.5. The second-order valence-electron chi connectivity index (χ2n) is 5.62. The number of hydrogen-bond acceptors (Lipinski definition) is 4. The maximum absolute atomic E-state index is 11.8. The van der Waals surface area contributed by atoms with Crippen molar-refractivity contribution in [3.8, 4) is 0 Å². The Labute approximate surface area is 128 Å². The van der Waals surface area contributed by atoms with Crippen molar-refractivity contribution in [2.75, 3.05) is 26.3 Å². The van der Waals surface area contributed by atoms with Crippen LogP contribution in [0.2, 0.25) is 0 Å². The van der Waals surface area contributed by atoms with Gasteiger partial charge in [0.2, 0.25) is 5.91 Å². The number of nitrogens with one attached hydrogen (secondary N) is 3. The maximum atomic E-state index is 11.8. The lowest BCUT2D eigenvalue weighted by Crippen LogP contribution is -2.54. The molecule has 0 aromatic rings. The average molecular weight is 306 g/mol. The summed E-state index contributed by atoms with van der Waals surface area (Å²) in [6.45, 7) is 7.16. The first-order valence-electron chi connectivity index (χ1n) is 7.57. The highest BCUT2D eigenvalue weighted by molar-refractivity contribution is 5.85. The Hall–Kier alpha value is -0.360. The van der Waals surface area contributed by atoms with Crippen LogP contribution in [-0.2, 0) is 9.53 Å². The molecule has 1 saturated heterocycles. The molecule has 1 amide bonds. The number of morpholine rings is 1. The van der Waals surface area contributed by atoms with E-state index in [2.05, 4.69) is 16.0 Å². The number of carbonyl (C=O) groups excluding carboxylic acids is 1. The molecule has 20 heavy (non-hydrogen) atoms. The zero-order valence-electron chi connectivity index (χ0n) is 12.5. The van der Waals surface area contributed by atoms with Gasteiger partial charge in [-0.15, -0.1) is 12.4 Å². The summed E-state index contributed by atoms with van der Waals surface area (Å²) >= 11 is 0. The average Bonchev–Trinajstić information content (AvgIpc) is 2.88.